The van der Waals surface area contributed by atoms with Crippen molar-refractivity contribution in [2.45, 2.75) is 52.5 Å². The molecule has 0 amide bonds. The summed E-state index contributed by atoms with van der Waals surface area (Å²) in [7, 11) is 0. The van der Waals surface area contributed by atoms with E-state index in [1.807, 2.05) is 0 Å². The van der Waals surface area contributed by atoms with Gasteiger partial charge in [0.2, 0.25) is 0 Å². The molecule has 0 fully saturated rings. The molecule has 15 heavy (non-hydrogen) atoms. The average Bonchev–Trinajstić information content (AvgIpc) is 2.66. The van der Waals surface area contributed by atoms with Gasteiger partial charge in [-0.05, 0) is 12.8 Å². The van der Waals surface area contributed by atoms with Gasteiger partial charge in [-0.3, -0.25) is 0 Å². The lowest BCUT2D eigenvalue weighted by molar-refractivity contribution is 0.640. The fraction of sp³-hybridized carbons (Fsp3) is 0.667. The number of aromatic nitrogens is 2. The summed E-state index contributed by atoms with van der Waals surface area (Å²) in [5.74, 6) is 1.14. The van der Waals surface area contributed by atoms with Crippen LogP contribution in [0.2, 0.25) is 0 Å². The van der Waals surface area contributed by atoms with Crippen molar-refractivity contribution < 1.29 is 0 Å². The molecule has 0 saturated carbocycles. The van der Waals surface area contributed by atoms with Gasteiger partial charge in [0.05, 0.1) is 18.2 Å². The van der Waals surface area contributed by atoms with Crippen molar-refractivity contribution in [1.29, 1.82) is 5.26 Å². The van der Waals surface area contributed by atoms with Crippen LogP contribution in [0.5, 0.6) is 0 Å². The Balaban J connectivity index is 2.71. The van der Waals surface area contributed by atoms with Gasteiger partial charge in [0.1, 0.15) is 5.82 Å². The van der Waals surface area contributed by atoms with Gasteiger partial charge in [0.15, 0.2) is 0 Å². The van der Waals surface area contributed by atoms with Crippen LogP contribution in [0.15, 0.2) is 6.20 Å². The number of imidazole rings is 1. The Hall–Kier alpha value is -1.30. The molecule has 1 rings (SSSR count). The van der Waals surface area contributed by atoms with Crippen LogP contribution >= 0.6 is 0 Å². The highest BCUT2D eigenvalue weighted by Gasteiger charge is 2.05. The lowest BCUT2D eigenvalue weighted by atomic mass is 10.2. The number of rotatable bonds is 6. The summed E-state index contributed by atoms with van der Waals surface area (Å²) in [4.78, 5) is 4.57. The van der Waals surface area contributed by atoms with Crippen LogP contribution in [-0.2, 0) is 19.4 Å². The zero-order valence-corrected chi connectivity index (χ0v) is 9.66. The zero-order chi connectivity index (χ0) is 11.1. The molecule has 0 aliphatic rings. The van der Waals surface area contributed by atoms with Crippen LogP contribution in [0.3, 0.4) is 0 Å². The smallest absolute Gasteiger partial charge is 0.108 e. The van der Waals surface area contributed by atoms with E-state index in [0.717, 1.165) is 30.9 Å². The van der Waals surface area contributed by atoms with Gasteiger partial charge in [0.25, 0.3) is 0 Å². The van der Waals surface area contributed by atoms with Gasteiger partial charge in [0, 0.05) is 19.2 Å². The molecule has 0 aliphatic carbocycles. The largest absolute Gasteiger partial charge is 0.334 e. The van der Waals surface area contributed by atoms with E-state index in [2.05, 4.69) is 35.7 Å². The first-order valence-corrected chi connectivity index (χ1v) is 5.73. The Morgan fingerprint density at radius 1 is 1.47 bits per heavy atom. The molecule has 1 heterocycles. The van der Waals surface area contributed by atoms with E-state index >= 15 is 0 Å². The zero-order valence-electron chi connectivity index (χ0n) is 9.66. The molecule has 0 atom stereocenters. The van der Waals surface area contributed by atoms with E-state index in [4.69, 9.17) is 5.26 Å². The Kier molecular flexibility index (Phi) is 4.89. The van der Waals surface area contributed by atoms with E-state index in [1.54, 1.807) is 0 Å². The molecule has 0 aromatic carbocycles. The summed E-state index contributed by atoms with van der Waals surface area (Å²) >= 11 is 0. The van der Waals surface area contributed by atoms with E-state index < -0.39 is 0 Å². The topological polar surface area (TPSA) is 41.6 Å². The van der Waals surface area contributed by atoms with Crippen molar-refractivity contribution in [2.24, 2.45) is 0 Å². The number of aryl methyl sites for hydroxylation is 3. The normalized spacial score (nSPS) is 10.2. The number of nitriles is 1. The Morgan fingerprint density at radius 2 is 2.27 bits per heavy atom. The second kappa shape index (κ2) is 6.23. The maximum absolute atomic E-state index is 8.57. The minimum absolute atomic E-state index is 0.568. The summed E-state index contributed by atoms with van der Waals surface area (Å²) in [5.41, 5.74) is 1.14. The molecule has 1 aromatic rings. The fourth-order valence-electron chi connectivity index (χ4n) is 1.58. The molecular formula is C12H19N3. The lowest BCUT2D eigenvalue weighted by Gasteiger charge is -2.03. The molecule has 0 aliphatic heterocycles. The fourth-order valence-corrected chi connectivity index (χ4v) is 1.58. The van der Waals surface area contributed by atoms with Crippen LogP contribution in [0.4, 0.5) is 0 Å². The first-order valence-electron chi connectivity index (χ1n) is 5.73. The molecule has 3 heteroatoms. The SMILES string of the molecule is CCCCc1nc(CC)cn1CCC#N. The van der Waals surface area contributed by atoms with Gasteiger partial charge < -0.3 is 4.57 Å². The van der Waals surface area contributed by atoms with Crippen molar-refractivity contribution in [1.82, 2.24) is 9.55 Å². The molecule has 0 saturated heterocycles. The summed E-state index contributed by atoms with van der Waals surface area (Å²) < 4.78 is 2.14. The van der Waals surface area contributed by atoms with Crippen molar-refractivity contribution >= 4 is 0 Å². The lowest BCUT2D eigenvalue weighted by Crippen LogP contribution is -2.02. The molecule has 1 aromatic heterocycles. The summed E-state index contributed by atoms with van der Waals surface area (Å²) in [6, 6.07) is 2.18. The second-order valence-corrected chi connectivity index (χ2v) is 3.71. The molecular weight excluding hydrogens is 186 g/mol. The first kappa shape index (κ1) is 11.8. The maximum atomic E-state index is 8.57. The van der Waals surface area contributed by atoms with Crippen LogP contribution in [0.25, 0.3) is 0 Å². The highest BCUT2D eigenvalue weighted by Crippen LogP contribution is 2.08. The molecule has 0 N–H and O–H groups in total. The Morgan fingerprint density at radius 3 is 2.87 bits per heavy atom. The van der Waals surface area contributed by atoms with E-state index in [9.17, 15) is 0 Å². The van der Waals surface area contributed by atoms with Crippen molar-refractivity contribution in [3.63, 3.8) is 0 Å². The summed E-state index contributed by atoms with van der Waals surface area (Å²) in [6.07, 6.45) is 7.01. The molecule has 0 unspecified atom stereocenters. The minimum atomic E-state index is 0.568. The molecule has 0 spiro atoms. The standard InChI is InChI=1S/C12H19N3/c1-3-5-7-12-14-11(4-2)10-15(12)9-6-8-13/h10H,3-7,9H2,1-2H3. The molecule has 82 valence electrons. The third kappa shape index (κ3) is 3.39. The van der Waals surface area contributed by atoms with Gasteiger partial charge in [-0.2, -0.15) is 5.26 Å². The van der Waals surface area contributed by atoms with Crippen LogP contribution < -0.4 is 0 Å². The van der Waals surface area contributed by atoms with Crippen molar-refractivity contribution in [2.75, 3.05) is 0 Å². The van der Waals surface area contributed by atoms with Crippen molar-refractivity contribution in [3.8, 4) is 6.07 Å². The highest BCUT2D eigenvalue weighted by atomic mass is 15.1. The van der Waals surface area contributed by atoms with E-state index in [-0.39, 0.29) is 0 Å². The van der Waals surface area contributed by atoms with Gasteiger partial charge >= 0.3 is 0 Å². The Labute approximate surface area is 91.7 Å². The summed E-state index contributed by atoms with van der Waals surface area (Å²) in [5, 5.41) is 8.57. The number of hydrogen-bond donors (Lipinski definition) is 0. The van der Waals surface area contributed by atoms with E-state index in [0.29, 0.717) is 6.42 Å². The molecule has 0 radical (unpaired) electrons. The minimum Gasteiger partial charge on any atom is -0.334 e. The van der Waals surface area contributed by atoms with Gasteiger partial charge in [-0.1, -0.05) is 20.3 Å². The average molecular weight is 205 g/mol. The predicted octanol–water partition coefficient (Wildman–Crippen LogP) is 2.70. The monoisotopic (exact) mass is 205 g/mol. The van der Waals surface area contributed by atoms with Gasteiger partial charge in [-0.25, -0.2) is 4.98 Å². The maximum Gasteiger partial charge on any atom is 0.108 e. The number of hydrogen-bond acceptors (Lipinski definition) is 2. The second-order valence-electron chi connectivity index (χ2n) is 3.71. The molecule has 3 nitrogen and oxygen atoms in total. The van der Waals surface area contributed by atoms with Crippen LogP contribution in [0.1, 0.15) is 44.6 Å². The Bertz CT molecular complexity index is 333. The quantitative estimate of drug-likeness (QED) is 0.716. The summed E-state index contributed by atoms with van der Waals surface area (Å²) in [6.45, 7) is 5.08. The predicted molar refractivity (Wildman–Crippen MR) is 60.4 cm³/mol. The first-order chi connectivity index (χ1) is 7.31. The van der Waals surface area contributed by atoms with Crippen LogP contribution in [-0.4, -0.2) is 9.55 Å². The van der Waals surface area contributed by atoms with Crippen LogP contribution in [0, 0.1) is 11.3 Å². The van der Waals surface area contributed by atoms with E-state index in [1.165, 1.54) is 12.8 Å². The third-order valence-corrected chi connectivity index (χ3v) is 2.49. The third-order valence-electron chi connectivity index (χ3n) is 2.49. The van der Waals surface area contributed by atoms with Gasteiger partial charge in [-0.15, -0.1) is 0 Å². The number of unbranched alkanes of at least 4 members (excludes halogenated alkanes) is 1. The molecule has 0 bridgehead atoms. The highest BCUT2D eigenvalue weighted by molar-refractivity contribution is 5.04. The van der Waals surface area contributed by atoms with Crippen molar-refractivity contribution in [3.05, 3.63) is 17.7 Å². The number of nitrogens with zero attached hydrogens (tertiary/aromatic N) is 3.